The van der Waals surface area contributed by atoms with E-state index in [1.807, 2.05) is 12.3 Å². The molecule has 0 spiro atoms. The lowest BCUT2D eigenvalue weighted by Gasteiger charge is -2.07. The quantitative estimate of drug-likeness (QED) is 0.727. The number of rotatable bonds is 2. The first-order valence-corrected chi connectivity index (χ1v) is 5.18. The first kappa shape index (κ1) is 8.46. The molecule has 1 aromatic heterocycles. The van der Waals surface area contributed by atoms with E-state index in [-0.39, 0.29) is 0 Å². The monoisotopic (exact) mass is 190 g/mol. The highest BCUT2D eigenvalue weighted by atomic mass is 31.1. The first-order chi connectivity index (χ1) is 6.38. The van der Waals surface area contributed by atoms with Crippen LogP contribution in [0, 0.1) is 0 Å². The zero-order chi connectivity index (χ0) is 9.10. The van der Waals surface area contributed by atoms with Gasteiger partial charge in [-0.2, -0.15) is 0 Å². The number of benzene rings is 1. The van der Waals surface area contributed by atoms with Crippen LogP contribution in [0.15, 0.2) is 36.5 Å². The van der Waals surface area contributed by atoms with E-state index < -0.39 is 0 Å². The average molecular weight is 190 g/mol. The summed E-state index contributed by atoms with van der Waals surface area (Å²) in [6, 6.07) is 10.4. The van der Waals surface area contributed by atoms with Gasteiger partial charge < -0.3 is 0 Å². The normalized spacial score (nSPS) is 13.3. The lowest BCUT2D eigenvalue weighted by Crippen LogP contribution is -1.94. The lowest BCUT2D eigenvalue weighted by molar-refractivity contribution is 0.890. The molecule has 2 aromatic rings. The Balaban J connectivity index is 2.29. The van der Waals surface area contributed by atoms with Crippen molar-refractivity contribution >= 4 is 8.51 Å². The smallest absolute Gasteiger partial charge is 0.0718 e. The van der Waals surface area contributed by atoms with Crippen LogP contribution in [0.2, 0.25) is 0 Å². The molecule has 0 bridgehead atoms. The molecule has 2 unspecified atom stereocenters. The van der Waals surface area contributed by atoms with Crippen molar-refractivity contribution in [3.63, 3.8) is 0 Å². The van der Waals surface area contributed by atoms with Crippen LogP contribution in [0.25, 0.3) is 0 Å². The van der Waals surface area contributed by atoms with Gasteiger partial charge in [-0.1, -0.05) is 37.3 Å². The predicted molar refractivity (Wildman–Crippen MR) is 55.5 cm³/mol. The third-order valence-electron chi connectivity index (χ3n) is 2.18. The Labute approximate surface area is 79.3 Å². The van der Waals surface area contributed by atoms with Crippen molar-refractivity contribution in [1.29, 1.82) is 0 Å². The van der Waals surface area contributed by atoms with Crippen LogP contribution < -0.4 is 0 Å². The van der Waals surface area contributed by atoms with Crippen molar-refractivity contribution < 1.29 is 0 Å². The van der Waals surface area contributed by atoms with Gasteiger partial charge in [0.2, 0.25) is 0 Å². The summed E-state index contributed by atoms with van der Waals surface area (Å²) in [6.07, 6.45) is 1.89. The summed E-state index contributed by atoms with van der Waals surface area (Å²) in [6.45, 7) is 2.16. The zero-order valence-corrected chi connectivity index (χ0v) is 8.44. The van der Waals surface area contributed by atoms with Crippen LogP contribution in [-0.4, -0.2) is 9.49 Å². The SMILES string of the molecule is CC(c1ccccc1)c1cn[pH]n1. The van der Waals surface area contributed by atoms with Crippen LogP contribution in [-0.2, 0) is 0 Å². The van der Waals surface area contributed by atoms with Crippen LogP contribution in [0.1, 0.15) is 24.1 Å². The summed E-state index contributed by atoms with van der Waals surface area (Å²) in [5.41, 5.74) is 2.41. The van der Waals surface area contributed by atoms with Crippen molar-refractivity contribution in [3.8, 4) is 0 Å². The fraction of sp³-hybridized carbons (Fsp3) is 0.200. The molecule has 2 atom stereocenters. The van der Waals surface area contributed by atoms with Gasteiger partial charge in [-0.3, -0.25) is 0 Å². The summed E-state index contributed by atoms with van der Waals surface area (Å²) >= 11 is 0. The Bertz CT molecular complexity index is 356. The second-order valence-electron chi connectivity index (χ2n) is 3.03. The molecule has 2 nitrogen and oxygen atoms in total. The molecular weight excluding hydrogens is 179 g/mol. The molecule has 1 aromatic carbocycles. The molecule has 0 saturated heterocycles. The van der Waals surface area contributed by atoms with Crippen molar-refractivity contribution in [1.82, 2.24) is 9.49 Å². The second kappa shape index (κ2) is 3.71. The molecule has 0 fully saturated rings. The second-order valence-corrected chi connectivity index (χ2v) is 3.71. The molecule has 0 aliphatic heterocycles. The van der Waals surface area contributed by atoms with Gasteiger partial charge in [0.1, 0.15) is 0 Å². The Morgan fingerprint density at radius 2 is 2.00 bits per heavy atom. The van der Waals surface area contributed by atoms with Gasteiger partial charge in [-0.05, 0) is 5.56 Å². The zero-order valence-electron chi connectivity index (χ0n) is 7.44. The standard InChI is InChI=1S/C10H11N2P/c1-8(10-7-11-13-12-10)9-5-3-2-4-6-9/h2-8,13H,1H3. The molecule has 0 radical (unpaired) electrons. The highest BCUT2D eigenvalue weighted by Gasteiger charge is 2.08. The molecule has 3 heteroatoms. The van der Waals surface area contributed by atoms with Gasteiger partial charge in [0.05, 0.1) is 20.4 Å². The highest BCUT2D eigenvalue weighted by Crippen LogP contribution is 2.22. The van der Waals surface area contributed by atoms with E-state index >= 15 is 0 Å². The van der Waals surface area contributed by atoms with E-state index in [2.05, 4.69) is 40.7 Å². The summed E-state index contributed by atoms with van der Waals surface area (Å²) in [5.74, 6) is 0.375. The van der Waals surface area contributed by atoms with Gasteiger partial charge >= 0.3 is 0 Å². The largest absolute Gasteiger partial charge is 0.228 e. The van der Waals surface area contributed by atoms with E-state index in [0.717, 1.165) is 5.69 Å². The first-order valence-electron chi connectivity index (χ1n) is 4.28. The minimum Gasteiger partial charge on any atom is -0.228 e. The summed E-state index contributed by atoms with van der Waals surface area (Å²) in [5, 5.41) is 0. The van der Waals surface area contributed by atoms with E-state index in [1.165, 1.54) is 5.56 Å². The number of hydrogen-bond donors (Lipinski definition) is 0. The maximum atomic E-state index is 4.33. The molecule has 0 amide bonds. The lowest BCUT2D eigenvalue weighted by atomic mass is 9.99. The van der Waals surface area contributed by atoms with Crippen molar-refractivity contribution in [3.05, 3.63) is 47.8 Å². The van der Waals surface area contributed by atoms with Crippen LogP contribution >= 0.6 is 8.51 Å². The highest BCUT2D eigenvalue weighted by molar-refractivity contribution is 7.20. The molecule has 0 saturated carbocycles. The average Bonchev–Trinajstić information content (AvgIpc) is 2.71. The molecule has 2 rings (SSSR count). The number of hydrogen-bond acceptors (Lipinski definition) is 2. The Hall–Kier alpha value is -1.14. The van der Waals surface area contributed by atoms with Gasteiger partial charge in [0, 0.05) is 5.92 Å². The molecule has 0 aliphatic rings. The third-order valence-corrected chi connectivity index (χ3v) is 2.78. The van der Waals surface area contributed by atoms with Gasteiger partial charge in [0.15, 0.2) is 0 Å². The number of nitrogens with zero attached hydrogens (tertiary/aromatic N) is 2. The fourth-order valence-corrected chi connectivity index (χ4v) is 1.95. The van der Waals surface area contributed by atoms with Gasteiger partial charge in [-0.25, -0.2) is 9.49 Å². The number of aromatic nitrogens is 2. The maximum Gasteiger partial charge on any atom is 0.0718 e. The summed E-state index contributed by atoms with van der Waals surface area (Å²) in [4.78, 5) is 0. The Morgan fingerprint density at radius 1 is 1.23 bits per heavy atom. The van der Waals surface area contributed by atoms with Crippen LogP contribution in [0.3, 0.4) is 0 Å². The van der Waals surface area contributed by atoms with Crippen LogP contribution in [0.4, 0.5) is 0 Å². The van der Waals surface area contributed by atoms with Gasteiger partial charge in [-0.15, -0.1) is 0 Å². The fourth-order valence-electron chi connectivity index (χ4n) is 1.33. The van der Waals surface area contributed by atoms with E-state index in [0.29, 0.717) is 14.4 Å². The topological polar surface area (TPSA) is 25.8 Å². The van der Waals surface area contributed by atoms with Crippen molar-refractivity contribution in [2.75, 3.05) is 0 Å². The molecule has 1 heterocycles. The maximum absolute atomic E-state index is 4.33. The Morgan fingerprint density at radius 3 is 2.62 bits per heavy atom. The van der Waals surface area contributed by atoms with Crippen molar-refractivity contribution in [2.45, 2.75) is 12.8 Å². The minimum atomic E-state index is 0.375. The van der Waals surface area contributed by atoms with Gasteiger partial charge in [0.25, 0.3) is 0 Å². The molecule has 0 N–H and O–H groups in total. The molecule has 0 aliphatic carbocycles. The summed E-state index contributed by atoms with van der Waals surface area (Å²) < 4.78 is 8.44. The molecular formula is C10H11N2P. The molecule has 13 heavy (non-hydrogen) atoms. The predicted octanol–water partition coefficient (Wildman–Crippen LogP) is 2.66. The minimum absolute atomic E-state index is 0.375. The van der Waals surface area contributed by atoms with Crippen molar-refractivity contribution in [2.24, 2.45) is 0 Å². The third kappa shape index (κ3) is 1.78. The molecule has 66 valence electrons. The summed E-state index contributed by atoms with van der Waals surface area (Å²) in [7, 11) is 0.384. The van der Waals surface area contributed by atoms with Crippen LogP contribution in [0.5, 0.6) is 0 Å². The van der Waals surface area contributed by atoms with E-state index in [9.17, 15) is 0 Å². The Kier molecular flexibility index (Phi) is 2.42. The van der Waals surface area contributed by atoms with E-state index in [1.54, 1.807) is 0 Å². The van der Waals surface area contributed by atoms with E-state index in [4.69, 9.17) is 0 Å².